The number of benzene rings is 1. The Morgan fingerprint density at radius 1 is 1.14 bits per heavy atom. The van der Waals surface area contributed by atoms with E-state index in [-0.39, 0.29) is 18.3 Å². The molecule has 4 heteroatoms. The molecule has 1 unspecified atom stereocenters. The van der Waals surface area contributed by atoms with E-state index in [0.29, 0.717) is 6.04 Å². The normalized spacial score (nSPS) is 23.2. The predicted molar refractivity (Wildman–Crippen MR) is 89.3 cm³/mol. The zero-order valence-corrected chi connectivity index (χ0v) is 13.7. The maximum atomic E-state index is 12.2. The summed E-state index contributed by atoms with van der Waals surface area (Å²) in [6, 6.07) is 9.31. The van der Waals surface area contributed by atoms with E-state index in [1.165, 1.54) is 12.8 Å². The summed E-state index contributed by atoms with van der Waals surface area (Å²) < 4.78 is 0. The van der Waals surface area contributed by atoms with Crippen molar-refractivity contribution in [1.82, 2.24) is 5.32 Å². The lowest BCUT2D eigenvalue weighted by Crippen LogP contribution is -2.42. The largest absolute Gasteiger partial charge is 0.352 e. The van der Waals surface area contributed by atoms with Crippen molar-refractivity contribution >= 4 is 18.3 Å². The fourth-order valence-corrected chi connectivity index (χ4v) is 3.03. The molecule has 1 aromatic rings. The summed E-state index contributed by atoms with van der Waals surface area (Å²) in [5, 5.41) is 3.11. The zero-order valence-electron chi connectivity index (χ0n) is 12.9. The van der Waals surface area contributed by atoms with Gasteiger partial charge in [0.05, 0.1) is 0 Å². The standard InChI is InChI=1S/C17H26N2O.ClH/c1-12(2)13-8-10-15(11-9-13)19-17(20)16(18)14-6-4-3-5-7-14;/h3-7,12-13,15-16H,8-11,18H2,1-2H3,(H,19,20);1H. The number of nitrogens with two attached hydrogens (primary N) is 1. The van der Waals surface area contributed by atoms with Gasteiger partial charge in [0, 0.05) is 6.04 Å². The summed E-state index contributed by atoms with van der Waals surface area (Å²) in [6.07, 6.45) is 4.58. The Morgan fingerprint density at radius 2 is 1.71 bits per heavy atom. The van der Waals surface area contributed by atoms with E-state index in [9.17, 15) is 4.79 Å². The zero-order chi connectivity index (χ0) is 14.5. The highest BCUT2D eigenvalue weighted by Gasteiger charge is 2.25. The summed E-state index contributed by atoms with van der Waals surface area (Å²) in [5.41, 5.74) is 6.89. The number of carbonyl (C=O) groups is 1. The summed E-state index contributed by atoms with van der Waals surface area (Å²) in [5.74, 6) is 1.51. The summed E-state index contributed by atoms with van der Waals surface area (Å²) in [6.45, 7) is 4.57. The Morgan fingerprint density at radius 3 is 2.24 bits per heavy atom. The first kappa shape index (κ1) is 18.0. The van der Waals surface area contributed by atoms with Gasteiger partial charge in [-0.3, -0.25) is 4.79 Å². The van der Waals surface area contributed by atoms with Crippen molar-refractivity contribution in [2.24, 2.45) is 17.6 Å². The molecule has 0 heterocycles. The maximum absolute atomic E-state index is 12.2. The minimum absolute atomic E-state index is 0. The summed E-state index contributed by atoms with van der Waals surface area (Å²) in [7, 11) is 0. The fourth-order valence-electron chi connectivity index (χ4n) is 3.03. The maximum Gasteiger partial charge on any atom is 0.241 e. The topological polar surface area (TPSA) is 55.1 Å². The molecule has 1 aliphatic rings. The number of carbonyl (C=O) groups excluding carboxylic acids is 1. The molecule has 21 heavy (non-hydrogen) atoms. The first-order chi connectivity index (χ1) is 9.58. The van der Waals surface area contributed by atoms with Gasteiger partial charge in [0.1, 0.15) is 6.04 Å². The van der Waals surface area contributed by atoms with Gasteiger partial charge < -0.3 is 11.1 Å². The Balaban J connectivity index is 0.00000220. The molecule has 1 amide bonds. The molecule has 0 aromatic heterocycles. The van der Waals surface area contributed by atoms with E-state index < -0.39 is 6.04 Å². The van der Waals surface area contributed by atoms with Crippen LogP contribution >= 0.6 is 12.4 Å². The van der Waals surface area contributed by atoms with E-state index >= 15 is 0 Å². The van der Waals surface area contributed by atoms with Crippen LogP contribution in [-0.2, 0) is 4.79 Å². The molecule has 1 atom stereocenters. The highest BCUT2D eigenvalue weighted by Crippen LogP contribution is 2.30. The van der Waals surface area contributed by atoms with E-state index in [0.717, 1.165) is 30.2 Å². The van der Waals surface area contributed by atoms with Crippen LogP contribution in [0.5, 0.6) is 0 Å². The molecule has 0 saturated heterocycles. The van der Waals surface area contributed by atoms with Gasteiger partial charge in [-0.25, -0.2) is 0 Å². The van der Waals surface area contributed by atoms with E-state index in [2.05, 4.69) is 19.2 Å². The Kier molecular flexibility index (Phi) is 7.20. The number of amides is 1. The Hall–Kier alpha value is -1.06. The molecule has 0 aliphatic heterocycles. The number of hydrogen-bond acceptors (Lipinski definition) is 2. The van der Waals surface area contributed by atoms with Gasteiger partial charge in [-0.15, -0.1) is 12.4 Å². The molecule has 0 radical (unpaired) electrons. The number of nitrogens with one attached hydrogen (secondary N) is 1. The molecule has 1 saturated carbocycles. The molecule has 2 rings (SSSR count). The molecular formula is C17H27ClN2O. The first-order valence-corrected chi connectivity index (χ1v) is 7.69. The molecule has 1 aliphatic carbocycles. The smallest absolute Gasteiger partial charge is 0.241 e. The SMILES string of the molecule is CC(C)C1CCC(NC(=O)C(N)c2ccccc2)CC1.Cl. The van der Waals surface area contributed by atoms with Crippen LogP contribution in [0.15, 0.2) is 30.3 Å². The van der Waals surface area contributed by atoms with Crippen LogP contribution in [0.1, 0.15) is 51.1 Å². The Labute approximate surface area is 134 Å². The second-order valence-corrected chi connectivity index (χ2v) is 6.25. The van der Waals surface area contributed by atoms with Crippen molar-refractivity contribution in [1.29, 1.82) is 0 Å². The molecule has 1 fully saturated rings. The van der Waals surface area contributed by atoms with Crippen molar-refractivity contribution in [2.45, 2.75) is 51.6 Å². The molecule has 3 nitrogen and oxygen atoms in total. The quantitative estimate of drug-likeness (QED) is 0.895. The molecule has 0 bridgehead atoms. The molecule has 3 N–H and O–H groups in total. The third kappa shape index (κ3) is 5.01. The highest BCUT2D eigenvalue weighted by atomic mass is 35.5. The highest BCUT2D eigenvalue weighted by molar-refractivity contribution is 5.85. The second kappa shape index (κ2) is 8.40. The lowest BCUT2D eigenvalue weighted by molar-refractivity contribution is -0.123. The fraction of sp³-hybridized carbons (Fsp3) is 0.588. The minimum atomic E-state index is -0.556. The molecule has 1 aromatic carbocycles. The average Bonchev–Trinajstić information content (AvgIpc) is 2.48. The van der Waals surface area contributed by atoms with Crippen molar-refractivity contribution in [3.05, 3.63) is 35.9 Å². The molecule has 118 valence electrons. The minimum Gasteiger partial charge on any atom is -0.352 e. The monoisotopic (exact) mass is 310 g/mol. The van der Waals surface area contributed by atoms with Gasteiger partial charge in [0.2, 0.25) is 5.91 Å². The van der Waals surface area contributed by atoms with Gasteiger partial charge in [-0.1, -0.05) is 44.2 Å². The molecular weight excluding hydrogens is 284 g/mol. The number of halogens is 1. The van der Waals surface area contributed by atoms with Crippen LogP contribution in [-0.4, -0.2) is 11.9 Å². The number of rotatable bonds is 4. The summed E-state index contributed by atoms with van der Waals surface area (Å²) >= 11 is 0. The van der Waals surface area contributed by atoms with Crippen LogP contribution in [0, 0.1) is 11.8 Å². The lowest BCUT2D eigenvalue weighted by atomic mass is 9.79. The van der Waals surface area contributed by atoms with Crippen LogP contribution in [0.25, 0.3) is 0 Å². The predicted octanol–water partition coefficient (Wildman–Crippen LogP) is 3.44. The van der Waals surface area contributed by atoms with Crippen molar-refractivity contribution in [3.8, 4) is 0 Å². The van der Waals surface area contributed by atoms with E-state index in [4.69, 9.17) is 5.73 Å². The van der Waals surface area contributed by atoms with Gasteiger partial charge in [0.15, 0.2) is 0 Å². The molecule has 0 spiro atoms. The summed E-state index contributed by atoms with van der Waals surface area (Å²) in [4.78, 5) is 12.2. The average molecular weight is 311 g/mol. The van der Waals surface area contributed by atoms with Gasteiger partial charge in [-0.05, 0) is 43.1 Å². The third-order valence-corrected chi connectivity index (χ3v) is 4.50. The van der Waals surface area contributed by atoms with Crippen LogP contribution < -0.4 is 11.1 Å². The lowest BCUT2D eigenvalue weighted by Gasteiger charge is -2.31. The Bertz CT molecular complexity index is 428. The van der Waals surface area contributed by atoms with Crippen molar-refractivity contribution in [3.63, 3.8) is 0 Å². The van der Waals surface area contributed by atoms with E-state index in [1.807, 2.05) is 30.3 Å². The van der Waals surface area contributed by atoms with E-state index in [1.54, 1.807) is 0 Å². The van der Waals surface area contributed by atoms with Gasteiger partial charge >= 0.3 is 0 Å². The first-order valence-electron chi connectivity index (χ1n) is 7.69. The van der Waals surface area contributed by atoms with Gasteiger partial charge in [0.25, 0.3) is 0 Å². The third-order valence-electron chi connectivity index (χ3n) is 4.50. The van der Waals surface area contributed by atoms with Crippen LogP contribution in [0.3, 0.4) is 0 Å². The van der Waals surface area contributed by atoms with Crippen molar-refractivity contribution < 1.29 is 4.79 Å². The van der Waals surface area contributed by atoms with Crippen LogP contribution in [0.4, 0.5) is 0 Å². The van der Waals surface area contributed by atoms with Crippen molar-refractivity contribution in [2.75, 3.05) is 0 Å². The van der Waals surface area contributed by atoms with Crippen LogP contribution in [0.2, 0.25) is 0 Å². The second-order valence-electron chi connectivity index (χ2n) is 6.25. The van der Waals surface area contributed by atoms with Gasteiger partial charge in [-0.2, -0.15) is 0 Å². The number of hydrogen-bond donors (Lipinski definition) is 2.